The molecule has 0 amide bonds. The van der Waals surface area contributed by atoms with E-state index < -0.39 is 0 Å². The number of aryl methyl sites for hydroxylation is 1. The molecular weight excluding hydrogens is 226 g/mol. The first-order chi connectivity index (χ1) is 7.61. The minimum absolute atomic E-state index is 0.592. The van der Waals surface area contributed by atoms with Crippen LogP contribution >= 0.6 is 11.6 Å². The van der Waals surface area contributed by atoms with E-state index in [1.807, 2.05) is 6.07 Å². The van der Waals surface area contributed by atoms with Crippen LogP contribution in [0.5, 0.6) is 5.75 Å². The zero-order valence-corrected chi connectivity index (χ0v) is 9.82. The Balaban J connectivity index is 2.54. The highest BCUT2D eigenvalue weighted by Gasteiger charge is 2.09. The van der Waals surface area contributed by atoms with E-state index in [0.717, 1.165) is 17.0 Å². The van der Waals surface area contributed by atoms with Crippen molar-refractivity contribution in [2.45, 2.75) is 0 Å². The summed E-state index contributed by atoms with van der Waals surface area (Å²) >= 11 is 6.10. The molecule has 0 atom stereocenters. The van der Waals surface area contributed by atoms with Crippen LogP contribution in [0.15, 0.2) is 24.3 Å². The fourth-order valence-electron chi connectivity index (χ4n) is 1.44. The molecule has 0 aliphatic carbocycles. The van der Waals surface area contributed by atoms with Gasteiger partial charge in [0.05, 0.1) is 17.8 Å². The van der Waals surface area contributed by atoms with Gasteiger partial charge in [-0.2, -0.15) is 5.10 Å². The van der Waals surface area contributed by atoms with Crippen molar-refractivity contribution in [2.24, 2.45) is 7.05 Å². The molecule has 84 valence electrons. The van der Waals surface area contributed by atoms with Gasteiger partial charge in [0.2, 0.25) is 0 Å². The van der Waals surface area contributed by atoms with E-state index in [-0.39, 0.29) is 0 Å². The van der Waals surface area contributed by atoms with E-state index in [4.69, 9.17) is 22.1 Å². The average Bonchev–Trinajstić information content (AvgIpc) is 2.60. The van der Waals surface area contributed by atoms with Crippen LogP contribution < -0.4 is 10.5 Å². The molecule has 0 radical (unpaired) electrons. The number of rotatable bonds is 2. The van der Waals surface area contributed by atoms with Crippen LogP contribution in [0.3, 0.4) is 0 Å². The minimum Gasteiger partial charge on any atom is -0.497 e. The molecule has 0 aliphatic rings. The SMILES string of the molecule is COc1ccc(Cl)c(-c2cc(N)n(C)n2)c1. The Morgan fingerprint density at radius 3 is 2.69 bits per heavy atom. The number of hydrogen-bond donors (Lipinski definition) is 1. The number of methoxy groups -OCH3 is 1. The van der Waals surface area contributed by atoms with E-state index in [1.54, 1.807) is 37.0 Å². The summed E-state index contributed by atoms with van der Waals surface area (Å²) in [6, 6.07) is 7.20. The van der Waals surface area contributed by atoms with Crippen LogP contribution in [0.4, 0.5) is 5.82 Å². The minimum atomic E-state index is 0.592. The van der Waals surface area contributed by atoms with Gasteiger partial charge in [-0.05, 0) is 18.2 Å². The van der Waals surface area contributed by atoms with E-state index in [1.165, 1.54) is 0 Å². The van der Waals surface area contributed by atoms with Gasteiger partial charge in [0, 0.05) is 18.7 Å². The summed E-state index contributed by atoms with van der Waals surface area (Å²) in [5.74, 6) is 1.33. The molecule has 2 N–H and O–H groups in total. The zero-order chi connectivity index (χ0) is 11.7. The highest BCUT2D eigenvalue weighted by molar-refractivity contribution is 6.33. The summed E-state index contributed by atoms with van der Waals surface area (Å²) in [6.45, 7) is 0. The van der Waals surface area contributed by atoms with Crippen LogP contribution in [0, 0.1) is 0 Å². The molecule has 16 heavy (non-hydrogen) atoms. The number of anilines is 1. The van der Waals surface area contributed by atoms with E-state index >= 15 is 0 Å². The van der Waals surface area contributed by atoms with Gasteiger partial charge in [-0.25, -0.2) is 0 Å². The van der Waals surface area contributed by atoms with Gasteiger partial charge in [-0.15, -0.1) is 0 Å². The highest BCUT2D eigenvalue weighted by atomic mass is 35.5. The first-order valence-corrected chi connectivity index (χ1v) is 5.13. The molecule has 0 unspecified atom stereocenters. The molecule has 0 saturated heterocycles. The van der Waals surface area contributed by atoms with E-state index in [9.17, 15) is 0 Å². The molecular formula is C11H12ClN3O. The van der Waals surface area contributed by atoms with Gasteiger partial charge in [0.1, 0.15) is 11.6 Å². The smallest absolute Gasteiger partial charge is 0.121 e. The van der Waals surface area contributed by atoms with Gasteiger partial charge in [-0.3, -0.25) is 4.68 Å². The van der Waals surface area contributed by atoms with Crippen LogP contribution in [-0.4, -0.2) is 16.9 Å². The molecule has 0 saturated carbocycles. The summed E-state index contributed by atoms with van der Waals surface area (Å²) < 4.78 is 6.75. The first kappa shape index (κ1) is 10.8. The Morgan fingerprint density at radius 2 is 2.12 bits per heavy atom. The van der Waals surface area contributed by atoms with Gasteiger partial charge in [-0.1, -0.05) is 11.6 Å². The lowest BCUT2D eigenvalue weighted by Gasteiger charge is -2.04. The Morgan fingerprint density at radius 1 is 1.38 bits per heavy atom. The predicted molar refractivity (Wildman–Crippen MR) is 64.6 cm³/mol. The molecule has 2 rings (SSSR count). The van der Waals surface area contributed by atoms with Crippen molar-refractivity contribution < 1.29 is 4.74 Å². The lowest BCUT2D eigenvalue weighted by Crippen LogP contribution is -1.96. The summed E-state index contributed by atoms with van der Waals surface area (Å²) in [5.41, 5.74) is 7.28. The number of nitrogens with two attached hydrogens (primary N) is 1. The number of nitrogen functional groups attached to an aromatic ring is 1. The second-order valence-electron chi connectivity index (χ2n) is 3.42. The Bertz CT molecular complexity index is 502. The van der Waals surface area contributed by atoms with Crippen molar-refractivity contribution in [1.82, 2.24) is 9.78 Å². The van der Waals surface area contributed by atoms with Gasteiger partial charge in [0.15, 0.2) is 0 Å². The third kappa shape index (κ3) is 1.84. The normalized spacial score (nSPS) is 10.4. The molecule has 1 heterocycles. The molecule has 0 bridgehead atoms. The van der Waals surface area contributed by atoms with Gasteiger partial charge < -0.3 is 10.5 Å². The van der Waals surface area contributed by atoms with Crippen molar-refractivity contribution in [3.63, 3.8) is 0 Å². The maximum absolute atomic E-state index is 6.10. The number of nitrogens with zero attached hydrogens (tertiary/aromatic N) is 2. The Hall–Kier alpha value is -1.68. The Kier molecular flexibility index (Phi) is 2.75. The second-order valence-corrected chi connectivity index (χ2v) is 3.83. The number of hydrogen-bond acceptors (Lipinski definition) is 3. The molecule has 0 spiro atoms. The fourth-order valence-corrected chi connectivity index (χ4v) is 1.66. The Labute approximate surface area is 98.6 Å². The maximum atomic E-state index is 6.10. The fraction of sp³-hybridized carbons (Fsp3) is 0.182. The van der Waals surface area contributed by atoms with Crippen molar-refractivity contribution in [3.8, 4) is 17.0 Å². The van der Waals surface area contributed by atoms with Crippen LogP contribution in [0.25, 0.3) is 11.3 Å². The molecule has 1 aromatic heterocycles. The largest absolute Gasteiger partial charge is 0.497 e. The van der Waals surface area contributed by atoms with Gasteiger partial charge >= 0.3 is 0 Å². The summed E-state index contributed by atoms with van der Waals surface area (Å²) in [6.07, 6.45) is 0. The molecule has 0 aliphatic heterocycles. The topological polar surface area (TPSA) is 53.1 Å². The number of ether oxygens (including phenoxy) is 1. The average molecular weight is 238 g/mol. The molecule has 0 fully saturated rings. The molecule has 2 aromatic rings. The van der Waals surface area contributed by atoms with Crippen LogP contribution in [0.2, 0.25) is 5.02 Å². The quantitative estimate of drug-likeness (QED) is 0.872. The van der Waals surface area contributed by atoms with Crippen molar-refractivity contribution in [1.29, 1.82) is 0 Å². The highest BCUT2D eigenvalue weighted by Crippen LogP contribution is 2.31. The lowest BCUT2D eigenvalue weighted by atomic mass is 10.1. The molecule has 1 aromatic carbocycles. The van der Waals surface area contributed by atoms with E-state index in [2.05, 4.69) is 5.10 Å². The van der Waals surface area contributed by atoms with E-state index in [0.29, 0.717) is 10.8 Å². The summed E-state index contributed by atoms with van der Waals surface area (Å²) in [5, 5.41) is 4.89. The number of aromatic nitrogens is 2. The zero-order valence-electron chi connectivity index (χ0n) is 9.07. The second kappa shape index (κ2) is 4.06. The van der Waals surface area contributed by atoms with Crippen LogP contribution in [-0.2, 0) is 7.05 Å². The third-order valence-electron chi connectivity index (χ3n) is 2.37. The summed E-state index contributed by atoms with van der Waals surface area (Å²) in [4.78, 5) is 0. The number of halogens is 1. The molecule has 4 nitrogen and oxygen atoms in total. The molecule has 5 heteroatoms. The van der Waals surface area contributed by atoms with Gasteiger partial charge in [0.25, 0.3) is 0 Å². The maximum Gasteiger partial charge on any atom is 0.121 e. The number of benzene rings is 1. The third-order valence-corrected chi connectivity index (χ3v) is 2.70. The summed E-state index contributed by atoms with van der Waals surface area (Å²) in [7, 11) is 3.40. The lowest BCUT2D eigenvalue weighted by molar-refractivity contribution is 0.415. The first-order valence-electron chi connectivity index (χ1n) is 4.75. The van der Waals surface area contributed by atoms with Crippen LogP contribution in [0.1, 0.15) is 0 Å². The predicted octanol–water partition coefficient (Wildman–Crippen LogP) is 2.33. The van der Waals surface area contributed by atoms with Crippen molar-refractivity contribution in [3.05, 3.63) is 29.3 Å². The van der Waals surface area contributed by atoms with Crippen molar-refractivity contribution in [2.75, 3.05) is 12.8 Å². The van der Waals surface area contributed by atoms with Crippen molar-refractivity contribution >= 4 is 17.4 Å². The monoisotopic (exact) mass is 237 g/mol. The standard InChI is InChI=1S/C11H12ClN3O/c1-15-11(13)6-10(14-15)8-5-7(16-2)3-4-9(8)12/h3-6H,13H2,1-2H3.